The Morgan fingerprint density at radius 1 is 1.28 bits per heavy atom. The molecule has 0 radical (unpaired) electrons. The first-order valence-electron chi connectivity index (χ1n) is 8.40. The molecule has 0 spiro atoms. The summed E-state index contributed by atoms with van der Waals surface area (Å²) in [5, 5.41) is 4.26. The molecular formula is C20H16ClFN2O. The third kappa shape index (κ3) is 2.35. The number of fused-ring (bicyclic) bond motifs is 2. The van der Waals surface area contributed by atoms with E-state index in [1.165, 1.54) is 6.07 Å². The molecule has 0 saturated heterocycles. The molecule has 1 N–H and O–H groups in total. The highest BCUT2D eigenvalue weighted by Gasteiger charge is 2.74. The smallest absolute Gasteiger partial charge is 0.230 e. The highest BCUT2D eigenvalue weighted by Crippen LogP contribution is 2.75. The van der Waals surface area contributed by atoms with Gasteiger partial charge in [0.25, 0.3) is 0 Å². The average Bonchev–Trinajstić information content (AvgIpc) is 3.43. The van der Waals surface area contributed by atoms with Crippen molar-refractivity contribution < 1.29 is 9.18 Å². The molecule has 0 bridgehead atoms. The average molecular weight is 355 g/mol. The lowest BCUT2D eigenvalue weighted by Gasteiger charge is -2.10. The van der Waals surface area contributed by atoms with E-state index >= 15 is 0 Å². The van der Waals surface area contributed by atoms with Crippen LogP contribution in [0.3, 0.4) is 0 Å². The molecule has 126 valence electrons. The van der Waals surface area contributed by atoms with Gasteiger partial charge in [0.1, 0.15) is 5.82 Å². The van der Waals surface area contributed by atoms with Crippen LogP contribution in [-0.4, -0.2) is 10.5 Å². The molecule has 1 heterocycles. The number of anilines is 1. The zero-order valence-electron chi connectivity index (χ0n) is 13.4. The van der Waals surface area contributed by atoms with Gasteiger partial charge in [0, 0.05) is 18.4 Å². The summed E-state index contributed by atoms with van der Waals surface area (Å²) in [6, 6.07) is 12.7. The molecule has 1 amide bonds. The molecule has 2 saturated carbocycles. The number of nitrogens with one attached hydrogen (secondary N) is 1. The van der Waals surface area contributed by atoms with Crippen molar-refractivity contribution in [2.45, 2.75) is 19.4 Å². The maximum atomic E-state index is 13.7. The number of carbonyl (C=O) groups excluding carboxylic acids is 1. The second-order valence-corrected chi connectivity index (χ2v) is 7.52. The van der Waals surface area contributed by atoms with E-state index in [1.807, 2.05) is 41.1 Å². The maximum Gasteiger partial charge on any atom is 0.230 e. The van der Waals surface area contributed by atoms with Crippen molar-refractivity contribution >= 4 is 34.1 Å². The molecule has 0 unspecified atom stereocenters. The minimum Gasteiger partial charge on any atom is -0.343 e. The molecule has 2 fully saturated rings. The lowest BCUT2D eigenvalue weighted by molar-refractivity contribution is -0.119. The first kappa shape index (κ1) is 15.0. The van der Waals surface area contributed by atoms with Crippen molar-refractivity contribution in [1.29, 1.82) is 0 Å². The fraction of sp³-hybridized carbons (Fsp3) is 0.250. The monoisotopic (exact) mass is 354 g/mol. The van der Waals surface area contributed by atoms with E-state index in [0.29, 0.717) is 12.5 Å². The second-order valence-electron chi connectivity index (χ2n) is 7.15. The molecule has 3 aromatic rings. The van der Waals surface area contributed by atoms with E-state index in [9.17, 15) is 9.18 Å². The SMILES string of the molecule is O=C(Nc1ccc2ccn(Cc3cccc(F)c3Cl)c2c1)C12CC1C2. The Labute approximate surface area is 149 Å². The summed E-state index contributed by atoms with van der Waals surface area (Å²) in [6.45, 7) is 0.476. The van der Waals surface area contributed by atoms with Gasteiger partial charge in [-0.15, -0.1) is 0 Å². The Balaban J connectivity index is 1.45. The van der Waals surface area contributed by atoms with Gasteiger partial charge in [0.05, 0.1) is 16.0 Å². The van der Waals surface area contributed by atoms with E-state index in [-0.39, 0.29) is 16.3 Å². The molecular weight excluding hydrogens is 339 g/mol. The summed E-state index contributed by atoms with van der Waals surface area (Å²) in [5.41, 5.74) is 2.46. The Morgan fingerprint density at radius 3 is 2.84 bits per heavy atom. The predicted octanol–water partition coefficient (Wildman–Crippen LogP) is 4.83. The Kier molecular flexibility index (Phi) is 3.04. The van der Waals surface area contributed by atoms with E-state index in [2.05, 4.69) is 5.32 Å². The fourth-order valence-corrected chi connectivity index (χ4v) is 3.77. The molecule has 25 heavy (non-hydrogen) atoms. The molecule has 5 rings (SSSR count). The van der Waals surface area contributed by atoms with Crippen LogP contribution < -0.4 is 5.32 Å². The van der Waals surface area contributed by atoms with Crippen LogP contribution in [0.15, 0.2) is 48.7 Å². The van der Waals surface area contributed by atoms with Gasteiger partial charge in [-0.25, -0.2) is 4.39 Å². The van der Waals surface area contributed by atoms with Crippen molar-refractivity contribution in [2.75, 3.05) is 5.32 Å². The lowest BCUT2D eigenvalue weighted by Crippen LogP contribution is -2.17. The van der Waals surface area contributed by atoms with Gasteiger partial charge in [0.2, 0.25) is 5.91 Å². The van der Waals surface area contributed by atoms with Crippen LogP contribution in [0.2, 0.25) is 5.02 Å². The third-order valence-electron chi connectivity index (χ3n) is 5.54. The van der Waals surface area contributed by atoms with Crippen LogP contribution >= 0.6 is 11.6 Å². The summed E-state index contributed by atoms with van der Waals surface area (Å²) < 4.78 is 15.7. The number of carbonyl (C=O) groups is 1. The Morgan fingerprint density at radius 2 is 2.08 bits per heavy atom. The highest BCUT2D eigenvalue weighted by molar-refractivity contribution is 6.31. The summed E-state index contributed by atoms with van der Waals surface area (Å²) >= 11 is 6.08. The van der Waals surface area contributed by atoms with E-state index in [1.54, 1.807) is 6.07 Å². The molecule has 5 heteroatoms. The number of rotatable bonds is 4. The Hall–Kier alpha value is -2.33. The molecule has 0 atom stereocenters. The molecule has 1 aromatic heterocycles. The van der Waals surface area contributed by atoms with Crippen molar-refractivity contribution in [3.05, 3.63) is 65.1 Å². The largest absolute Gasteiger partial charge is 0.343 e. The highest BCUT2D eigenvalue weighted by atomic mass is 35.5. The molecule has 2 aromatic carbocycles. The molecule has 0 aliphatic heterocycles. The number of aromatic nitrogens is 1. The van der Waals surface area contributed by atoms with Gasteiger partial charge < -0.3 is 9.88 Å². The standard InChI is InChI=1S/C20H16ClFN2O/c21-18-13(2-1-3-16(18)22)11-24-7-6-12-4-5-15(8-17(12)24)23-19(25)20-9-14(20)10-20/h1-8,14H,9-11H2,(H,23,25). The molecule has 2 aliphatic carbocycles. The number of amides is 1. The first-order chi connectivity index (χ1) is 12.1. The van der Waals surface area contributed by atoms with Crippen LogP contribution in [-0.2, 0) is 11.3 Å². The number of halogens is 2. The van der Waals surface area contributed by atoms with Crippen molar-refractivity contribution in [3.8, 4) is 0 Å². The normalized spacial score (nSPS) is 23.4. The zero-order valence-corrected chi connectivity index (χ0v) is 14.2. The quantitative estimate of drug-likeness (QED) is 0.715. The lowest BCUT2D eigenvalue weighted by atomic mass is 10.2. The van der Waals surface area contributed by atoms with Crippen LogP contribution in [0.1, 0.15) is 18.4 Å². The summed E-state index contributed by atoms with van der Waals surface area (Å²) in [7, 11) is 0. The number of nitrogens with zero attached hydrogens (tertiary/aromatic N) is 1. The molecule has 3 nitrogen and oxygen atoms in total. The van der Waals surface area contributed by atoms with Crippen molar-refractivity contribution in [3.63, 3.8) is 0 Å². The van der Waals surface area contributed by atoms with Gasteiger partial charge in [-0.05, 0) is 54.0 Å². The van der Waals surface area contributed by atoms with Crippen molar-refractivity contribution in [1.82, 2.24) is 4.57 Å². The van der Waals surface area contributed by atoms with E-state index < -0.39 is 5.82 Å². The van der Waals surface area contributed by atoms with Gasteiger partial charge in [-0.1, -0.05) is 29.8 Å². The van der Waals surface area contributed by atoms with Gasteiger partial charge in [-0.2, -0.15) is 0 Å². The number of hydrogen-bond donors (Lipinski definition) is 1. The third-order valence-corrected chi connectivity index (χ3v) is 5.96. The van der Waals surface area contributed by atoms with Crippen LogP contribution in [0.5, 0.6) is 0 Å². The van der Waals surface area contributed by atoms with Crippen LogP contribution in [0.4, 0.5) is 10.1 Å². The second kappa shape index (κ2) is 5.09. The van der Waals surface area contributed by atoms with E-state index in [4.69, 9.17) is 11.6 Å². The molecule has 2 aliphatic rings. The van der Waals surface area contributed by atoms with Crippen molar-refractivity contribution in [2.24, 2.45) is 11.3 Å². The summed E-state index contributed by atoms with van der Waals surface area (Å²) in [6.07, 6.45) is 4.03. The topological polar surface area (TPSA) is 34.0 Å². The van der Waals surface area contributed by atoms with Gasteiger partial charge >= 0.3 is 0 Å². The predicted molar refractivity (Wildman–Crippen MR) is 96.2 cm³/mol. The summed E-state index contributed by atoms with van der Waals surface area (Å²) in [5.74, 6) is 0.351. The minimum atomic E-state index is -0.411. The van der Waals surface area contributed by atoms with Crippen LogP contribution in [0.25, 0.3) is 10.9 Å². The maximum absolute atomic E-state index is 13.7. The number of hydrogen-bond acceptors (Lipinski definition) is 1. The fourth-order valence-electron chi connectivity index (χ4n) is 3.58. The minimum absolute atomic E-state index is 0.0496. The van der Waals surface area contributed by atoms with Crippen LogP contribution in [0, 0.1) is 17.2 Å². The van der Waals surface area contributed by atoms with Gasteiger partial charge in [0.15, 0.2) is 0 Å². The van der Waals surface area contributed by atoms with Gasteiger partial charge in [-0.3, -0.25) is 4.79 Å². The zero-order chi connectivity index (χ0) is 17.2. The first-order valence-corrected chi connectivity index (χ1v) is 8.78. The summed E-state index contributed by atoms with van der Waals surface area (Å²) in [4.78, 5) is 12.3. The van der Waals surface area contributed by atoms with E-state index in [0.717, 1.165) is 35.0 Å². The Bertz CT molecular complexity index is 1020. The number of benzene rings is 2.